The first-order valence-corrected chi connectivity index (χ1v) is 4.94. The van der Waals surface area contributed by atoms with E-state index in [9.17, 15) is 4.39 Å². The molecular weight excluding hydrogens is 247 g/mol. The fourth-order valence-electron chi connectivity index (χ4n) is 1.25. The number of benzene rings is 1. The Hall–Kier alpha value is -1.16. The third kappa shape index (κ3) is 1.57. The van der Waals surface area contributed by atoms with Crippen LogP contribution in [0.15, 0.2) is 34.9 Å². The predicted octanol–water partition coefficient (Wildman–Crippen LogP) is 3.08. The summed E-state index contributed by atoms with van der Waals surface area (Å²) in [5.74, 6) is -0.379. The maximum absolute atomic E-state index is 13.4. The number of nitrogens with zero attached hydrogens (tertiary/aromatic N) is 2. The molecule has 1 aromatic heterocycles. The van der Waals surface area contributed by atoms with Crippen LogP contribution in [-0.2, 0) is 0 Å². The highest BCUT2D eigenvalue weighted by Crippen LogP contribution is 2.18. The molecule has 0 N–H and O–H groups in total. The number of aryl methyl sites for hydroxylation is 1. The van der Waals surface area contributed by atoms with Crippen molar-refractivity contribution in [3.8, 4) is 5.69 Å². The van der Waals surface area contributed by atoms with E-state index in [1.807, 2.05) is 31.2 Å². The zero-order valence-electron chi connectivity index (χ0n) is 7.54. The molecule has 2 rings (SSSR count). The maximum Gasteiger partial charge on any atom is 0.230 e. The monoisotopic (exact) mass is 254 g/mol. The van der Waals surface area contributed by atoms with Crippen molar-refractivity contribution in [3.05, 3.63) is 46.4 Å². The molecule has 1 heterocycles. The van der Waals surface area contributed by atoms with Gasteiger partial charge in [-0.15, -0.1) is 0 Å². The van der Waals surface area contributed by atoms with E-state index in [4.69, 9.17) is 0 Å². The van der Waals surface area contributed by atoms with E-state index in [1.54, 1.807) is 0 Å². The Kier molecular flexibility index (Phi) is 2.37. The minimum absolute atomic E-state index is 0.374. The number of hydrogen-bond donors (Lipinski definition) is 0. The highest BCUT2D eigenvalue weighted by molar-refractivity contribution is 9.10. The minimum Gasteiger partial charge on any atom is -0.206 e. The van der Waals surface area contributed by atoms with Crippen LogP contribution in [-0.4, -0.2) is 9.78 Å². The topological polar surface area (TPSA) is 17.8 Å². The largest absolute Gasteiger partial charge is 0.230 e. The van der Waals surface area contributed by atoms with Crippen molar-refractivity contribution in [3.63, 3.8) is 0 Å². The van der Waals surface area contributed by atoms with E-state index in [0.717, 1.165) is 11.3 Å². The molecule has 0 spiro atoms. The Bertz CT molecular complexity index is 465. The maximum atomic E-state index is 13.4. The van der Waals surface area contributed by atoms with E-state index in [2.05, 4.69) is 21.0 Å². The average molecular weight is 255 g/mol. The lowest BCUT2D eigenvalue weighted by molar-refractivity contribution is 0.532. The fourth-order valence-corrected chi connectivity index (χ4v) is 1.51. The molecular formula is C10H8BrFN2. The van der Waals surface area contributed by atoms with Gasteiger partial charge in [-0.1, -0.05) is 12.1 Å². The number of hydrogen-bond acceptors (Lipinski definition) is 1. The smallest absolute Gasteiger partial charge is 0.206 e. The average Bonchev–Trinajstić information content (AvgIpc) is 2.48. The van der Waals surface area contributed by atoms with Crippen LogP contribution < -0.4 is 0 Å². The lowest BCUT2D eigenvalue weighted by Gasteiger charge is -2.02. The molecule has 0 atom stereocenters. The predicted molar refractivity (Wildman–Crippen MR) is 56.0 cm³/mol. The third-order valence-corrected chi connectivity index (χ3v) is 2.45. The molecule has 0 saturated heterocycles. The lowest BCUT2D eigenvalue weighted by atomic mass is 10.2. The Morgan fingerprint density at radius 1 is 1.43 bits per heavy atom. The van der Waals surface area contributed by atoms with Crippen molar-refractivity contribution >= 4 is 15.9 Å². The Labute approximate surface area is 89.5 Å². The first-order valence-electron chi connectivity index (χ1n) is 4.14. The Balaban J connectivity index is 2.55. The summed E-state index contributed by atoms with van der Waals surface area (Å²) in [4.78, 5) is 0. The second-order valence-corrected chi connectivity index (χ2v) is 3.89. The molecule has 0 amide bonds. The van der Waals surface area contributed by atoms with Gasteiger partial charge in [-0.2, -0.15) is 9.49 Å². The fraction of sp³-hybridized carbons (Fsp3) is 0.100. The zero-order chi connectivity index (χ0) is 10.1. The number of aromatic nitrogens is 2. The second-order valence-electron chi connectivity index (χ2n) is 3.03. The Morgan fingerprint density at radius 2 is 2.21 bits per heavy atom. The van der Waals surface area contributed by atoms with Crippen LogP contribution in [0.4, 0.5) is 4.39 Å². The van der Waals surface area contributed by atoms with E-state index in [-0.39, 0.29) is 5.95 Å². The van der Waals surface area contributed by atoms with E-state index in [1.165, 1.54) is 10.9 Å². The summed E-state index contributed by atoms with van der Waals surface area (Å²) in [5, 5.41) is 3.92. The number of halogens is 2. The van der Waals surface area contributed by atoms with Crippen LogP contribution in [0.25, 0.3) is 5.69 Å². The van der Waals surface area contributed by atoms with Crippen molar-refractivity contribution < 1.29 is 4.39 Å². The van der Waals surface area contributed by atoms with Crippen molar-refractivity contribution in [2.75, 3.05) is 0 Å². The molecule has 2 nitrogen and oxygen atoms in total. The summed E-state index contributed by atoms with van der Waals surface area (Å²) in [6.45, 7) is 1.96. The minimum atomic E-state index is -0.379. The second kappa shape index (κ2) is 3.53. The highest BCUT2D eigenvalue weighted by atomic mass is 79.9. The van der Waals surface area contributed by atoms with Gasteiger partial charge in [-0.3, -0.25) is 0 Å². The molecule has 0 unspecified atom stereocenters. The van der Waals surface area contributed by atoms with Gasteiger partial charge in [0.25, 0.3) is 0 Å². The van der Waals surface area contributed by atoms with Gasteiger partial charge in [-0.05, 0) is 40.5 Å². The number of rotatable bonds is 1. The molecule has 0 aliphatic heterocycles. The molecule has 0 radical (unpaired) electrons. The van der Waals surface area contributed by atoms with Crippen molar-refractivity contribution in [2.24, 2.45) is 0 Å². The standard InChI is InChI=1S/C10H8BrFN2/c1-7-3-2-4-8(5-7)14-10(12)9(11)6-13-14/h2-6H,1H3. The molecule has 2 aromatic rings. The molecule has 72 valence electrons. The molecule has 1 aromatic carbocycles. The van der Waals surface area contributed by atoms with E-state index < -0.39 is 0 Å². The first-order chi connectivity index (χ1) is 6.68. The van der Waals surface area contributed by atoms with Gasteiger partial charge in [0, 0.05) is 0 Å². The molecule has 0 aliphatic carbocycles. The SMILES string of the molecule is Cc1cccc(-n2ncc(Br)c2F)c1. The summed E-state index contributed by atoms with van der Waals surface area (Å²) in [6.07, 6.45) is 1.44. The van der Waals surface area contributed by atoms with Crippen LogP contribution in [0, 0.1) is 12.9 Å². The van der Waals surface area contributed by atoms with Crippen molar-refractivity contribution in [1.29, 1.82) is 0 Å². The van der Waals surface area contributed by atoms with Crippen molar-refractivity contribution in [1.82, 2.24) is 9.78 Å². The highest BCUT2D eigenvalue weighted by Gasteiger charge is 2.08. The summed E-state index contributed by atoms with van der Waals surface area (Å²) in [6, 6.07) is 7.53. The summed E-state index contributed by atoms with van der Waals surface area (Å²) < 4.78 is 15.1. The van der Waals surface area contributed by atoms with E-state index >= 15 is 0 Å². The molecule has 4 heteroatoms. The quantitative estimate of drug-likeness (QED) is 0.765. The van der Waals surface area contributed by atoms with Gasteiger partial charge in [0.1, 0.15) is 0 Å². The van der Waals surface area contributed by atoms with Gasteiger partial charge < -0.3 is 0 Å². The third-order valence-electron chi connectivity index (χ3n) is 1.92. The summed E-state index contributed by atoms with van der Waals surface area (Å²) in [7, 11) is 0. The molecule has 0 bridgehead atoms. The van der Waals surface area contributed by atoms with Gasteiger partial charge in [0.05, 0.1) is 16.4 Å². The van der Waals surface area contributed by atoms with Crippen molar-refractivity contribution in [2.45, 2.75) is 6.92 Å². The lowest BCUT2D eigenvalue weighted by Crippen LogP contribution is -1.99. The first kappa shape index (κ1) is 9.40. The molecule has 0 aliphatic rings. The molecule has 0 saturated carbocycles. The van der Waals surface area contributed by atoms with Crippen LogP contribution in [0.2, 0.25) is 0 Å². The van der Waals surface area contributed by atoms with Crippen LogP contribution in [0.5, 0.6) is 0 Å². The normalized spacial score (nSPS) is 10.5. The van der Waals surface area contributed by atoms with Gasteiger partial charge in [0.2, 0.25) is 5.95 Å². The van der Waals surface area contributed by atoms with Crippen LogP contribution in [0.1, 0.15) is 5.56 Å². The zero-order valence-corrected chi connectivity index (χ0v) is 9.12. The van der Waals surface area contributed by atoms with E-state index in [0.29, 0.717) is 4.47 Å². The van der Waals surface area contributed by atoms with Gasteiger partial charge >= 0.3 is 0 Å². The van der Waals surface area contributed by atoms with Crippen LogP contribution >= 0.6 is 15.9 Å². The molecule has 0 fully saturated rings. The summed E-state index contributed by atoms with van der Waals surface area (Å²) in [5.41, 5.74) is 1.81. The Morgan fingerprint density at radius 3 is 2.79 bits per heavy atom. The summed E-state index contributed by atoms with van der Waals surface area (Å²) >= 11 is 3.07. The molecule has 14 heavy (non-hydrogen) atoms. The van der Waals surface area contributed by atoms with Gasteiger partial charge in [0.15, 0.2) is 0 Å². The van der Waals surface area contributed by atoms with Crippen LogP contribution in [0.3, 0.4) is 0 Å². The van der Waals surface area contributed by atoms with Gasteiger partial charge in [-0.25, -0.2) is 4.68 Å².